The minimum absolute atomic E-state index is 0.110. The first-order valence-electron chi connectivity index (χ1n) is 7.23. The molecule has 1 unspecified atom stereocenters. The quantitative estimate of drug-likeness (QED) is 0.943. The molecule has 1 saturated heterocycles. The van der Waals surface area contributed by atoms with Gasteiger partial charge in [-0.25, -0.2) is 8.42 Å². The Balaban J connectivity index is 2.02. The lowest BCUT2D eigenvalue weighted by atomic mass is 10.1. The van der Waals surface area contributed by atoms with Crippen molar-refractivity contribution >= 4 is 10.0 Å². The highest BCUT2D eigenvalue weighted by Crippen LogP contribution is 2.34. The van der Waals surface area contributed by atoms with Gasteiger partial charge in [-0.15, -0.1) is 0 Å². The molecule has 0 amide bonds. The minimum atomic E-state index is -3.53. The van der Waals surface area contributed by atoms with Gasteiger partial charge in [0.05, 0.1) is 12.2 Å². The highest BCUT2D eigenvalue weighted by molar-refractivity contribution is 7.89. The summed E-state index contributed by atoms with van der Waals surface area (Å²) in [6.45, 7) is 0.553. The molecular weight excluding hydrogens is 288 g/mol. The second-order valence-corrected chi connectivity index (χ2v) is 7.30. The third-order valence-electron chi connectivity index (χ3n) is 4.09. The predicted octanol–water partition coefficient (Wildman–Crippen LogP) is 2.05. The van der Waals surface area contributed by atoms with Crippen molar-refractivity contribution in [2.24, 2.45) is 7.05 Å². The summed E-state index contributed by atoms with van der Waals surface area (Å²) in [5.74, 6) is 0. The molecule has 2 aromatic heterocycles. The zero-order valence-electron chi connectivity index (χ0n) is 12.1. The number of sulfonamides is 1. The number of hydrogen-bond acceptors (Lipinski definition) is 3. The fraction of sp³-hybridized carbons (Fsp3) is 0.500. The van der Waals surface area contributed by atoms with Crippen molar-refractivity contribution in [2.75, 3.05) is 6.54 Å². The summed E-state index contributed by atoms with van der Waals surface area (Å²) >= 11 is 0. The summed E-state index contributed by atoms with van der Waals surface area (Å²) in [6, 6.07) is 5.37. The van der Waals surface area contributed by atoms with E-state index in [0.29, 0.717) is 6.54 Å². The van der Waals surface area contributed by atoms with E-state index >= 15 is 0 Å². The van der Waals surface area contributed by atoms with Crippen molar-refractivity contribution in [3.63, 3.8) is 0 Å². The van der Waals surface area contributed by atoms with Crippen LogP contribution in [0, 0.1) is 0 Å². The lowest BCUT2D eigenvalue weighted by molar-refractivity contribution is 0.317. The van der Waals surface area contributed by atoms with Gasteiger partial charge in [-0.2, -0.15) is 9.40 Å². The summed E-state index contributed by atoms with van der Waals surface area (Å²) in [5, 5.41) is 6.54. The maximum atomic E-state index is 12.9. The number of aryl methyl sites for hydroxylation is 1. The first kappa shape index (κ1) is 14.3. The summed E-state index contributed by atoms with van der Waals surface area (Å²) in [6.07, 6.45) is 7.30. The van der Waals surface area contributed by atoms with Crippen molar-refractivity contribution < 1.29 is 8.42 Å². The number of nitrogens with one attached hydrogen (secondary N) is 1. The molecule has 2 aromatic rings. The van der Waals surface area contributed by atoms with Gasteiger partial charge in [-0.3, -0.25) is 5.10 Å². The van der Waals surface area contributed by atoms with Crippen LogP contribution < -0.4 is 0 Å². The van der Waals surface area contributed by atoms with Gasteiger partial charge in [0.25, 0.3) is 10.0 Å². The highest BCUT2D eigenvalue weighted by atomic mass is 32.2. The normalized spacial score (nSPS) is 21.3. The zero-order valence-corrected chi connectivity index (χ0v) is 12.9. The van der Waals surface area contributed by atoms with Crippen LogP contribution >= 0.6 is 0 Å². The molecule has 3 rings (SSSR count). The summed E-state index contributed by atoms with van der Waals surface area (Å²) in [7, 11) is -1.57. The Bertz CT molecular complexity index is 690. The van der Waals surface area contributed by atoms with Gasteiger partial charge >= 0.3 is 0 Å². The van der Waals surface area contributed by atoms with Gasteiger partial charge < -0.3 is 4.57 Å². The molecule has 6 nitrogen and oxygen atoms in total. The fourth-order valence-electron chi connectivity index (χ4n) is 3.00. The second-order valence-electron chi connectivity index (χ2n) is 5.45. The van der Waals surface area contributed by atoms with Crippen molar-refractivity contribution in [1.82, 2.24) is 19.1 Å². The smallest absolute Gasteiger partial charge is 0.260 e. The molecule has 0 spiro atoms. The van der Waals surface area contributed by atoms with Gasteiger partial charge in [-0.05, 0) is 31.0 Å². The van der Waals surface area contributed by atoms with Crippen LogP contribution in [0.1, 0.15) is 37.4 Å². The van der Waals surface area contributed by atoms with Crippen LogP contribution in [0.15, 0.2) is 35.6 Å². The average Bonchev–Trinajstić information content (AvgIpc) is 3.06. The molecule has 1 atom stereocenters. The second kappa shape index (κ2) is 5.65. The molecule has 0 aromatic carbocycles. The van der Waals surface area contributed by atoms with Gasteiger partial charge in [0.15, 0.2) is 5.03 Å². The number of hydrogen-bond donors (Lipinski definition) is 1. The molecule has 1 aliphatic rings. The number of H-pyrrole nitrogens is 1. The summed E-state index contributed by atoms with van der Waals surface area (Å²) < 4.78 is 29.4. The predicted molar refractivity (Wildman–Crippen MR) is 79.1 cm³/mol. The number of aromatic nitrogens is 3. The van der Waals surface area contributed by atoms with Crippen LogP contribution in [0.5, 0.6) is 0 Å². The average molecular weight is 308 g/mol. The molecule has 114 valence electrons. The number of rotatable bonds is 3. The van der Waals surface area contributed by atoms with E-state index in [-0.39, 0.29) is 11.1 Å². The largest absolute Gasteiger partial charge is 0.353 e. The summed E-state index contributed by atoms with van der Waals surface area (Å²) in [5.41, 5.74) is 1.04. The molecule has 21 heavy (non-hydrogen) atoms. The summed E-state index contributed by atoms with van der Waals surface area (Å²) in [4.78, 5) is 0. The van der Waals surface area contributed by atoms with Crippen molar-refractivity contribution in [1.29, 1.82) is 0 Å². The van der Waals surface area contributed by atoms with Crippen LogP contribution in [0.3, 0.4) is 0 Å². The molecule has 1 fully saturated rings. The van der Waals surface area contributed by atoms with Crippen LogP contribution in [0.25, 0.3) is 0 Å². The lowest BCUT2D eigenvalue weighted by Crippen LogP contribution is -2.35. The van der Waals surface area contributed by atoms with E-state index in [4.69, 9.17) is 0 Å². The Morgan fingerprint density at radius 1 is 1.29 bits per heavy atom. The molecular formula is C14H20N4O2S. The van der Waals surface area contributed by atoms with Crippen LogP contribution in [0.4, 0.5) is 0 Å². The standard InChI is InChI=1S/C14H20N4O2S/c1-17-10-5-7-12(17)13-6-3-2-4-11-18(13)21(19,20)14-8-9-15-16-14/h5,7-10,13H,2-4,6,11H2,1H3,(H,15,16). The SMILES string of the molecule is Cn1cccc1C1CCCCCN1S(=O)(=O)c1ccn[nH]1. The van der Waals surface area contributed by atoms with E-state index < -0.39 is 10.0 Å². The maximum absolute atomic E-state index is 12.9. The Kier molecular flexibility index (Phi) is 3.86. The van der Waals surface area contributed by atoms with E-state index in [1.54, 1.807) is 4.31 Å². The van der Waals surface area contributed by atoms with Crippen molar-refractivity contribution in [3.05, 3.63) is 36.3 Å². The van der Waals surface area contributed by atoms with E-state index in [0.717, 1.165) is 31.4 Å². The van der Waals surface area contributed by atoms with Crippen LogP contribution in [-0.2, 0) is 17.1 Å². The van der Waals surface area contributed by atoms with Gasteiger partial charge in [0.1, 0.15) is 0 Å². The number of aromatic amines is 1. The van der Waals surface area contributed by atoms with Crippen LogP contribution in [0.2, 0.25) is 0 Å². The first-order chi connectivity index (χ1) is 10.1. The lowest BCUT2D eigenvalue weighted by Gasteiger charge is -2.29. The Labute approximate surface area is 124 Å². The Hall–Kier alpha value is -1.60. The molecule has 3 heterocycles. The molecule has 7 heteroatoms. The molecule has 0 aliphatic carbocycles. The Morgan fingerprint density at radius 2 is 2.14 bits per heavy atom. The molecule has 1 aliphatic heterocycles. The van der Waals surface area contributed by atoms with E-state index in [1.807, 2.05) is 29.9 Å². The first-order valence-corrected chi connectivity index (χ1v) is 8.67. The van der Waals surface area contributed by atoms with Crippen molar-refractivity contribution in [2.45, 2.75) is 36.8 Å². The van der Waals surface area contributed by atoms with E-state index in [1.165, 1.54) is 12.3 Å². The molecule has 0 radical (unpaired) electrons. The minimum Gasteiger partial charge on any atom is -0.353 e. The van der Waals surface area contributed by atoms with Crippen LogP contribution in [-0.4, -0.2) is 34.0 Å². The van der Waals surface area contributed by atoms with Gasteiger partial charge in [-0.1, -0.05) is 12.8 Å². The van der Waals surface area contributed by atoms with E-state index in [9.17, 15) is 8.42 Å². The third-order valence-corrected chi connectivity index (χ3v) is 5.93. The zero-order chi connectivity index (χ0) is 14.9. The maximum Gasteiger partial charge on any atom is 0.260 e. The third kappa shape index (κ3) is 2.63. The van der Waals surface area contributed by atoms with Gasteiger partial charge in [0.2, 0.25) is 0 Å². The fourth-order valence-corrected chi connectivity index (χ4v) is 4.57. The Morgan fingerprint density at radius 3 is 2.81 bits per heavy atom. The topological polar surface area (TPSA) is 71.0 Å². The number of nitrogens with zero attached hydrogens (tertiary/aromatic N) is 3. The monoisotopic (exact) mass is 308 g/mol. The van der Waals surface area contributed by atoms with E-state index in [2.05, 4.69) is 10.2 Å². The molecule has 0 saturated carbocycles. The van der Waals surface area contributed by atoms with Gasteiger partial charge in [0, 0.05) is 25.5 Å². The van der Waals surface area contributed by atoms with Crippen molar-refractivity contribution in [3.8, 4) is 0 Å². The molecule has 1 N–H and O–H groups in total. The molecule has 0 bridgehead atoms. The highest BCUT2D eigenvalue weighted by Gasteiger charge is 2.35.